The zero-order valence-corrected chi connectivity index (χ0v) is 24.9. The van der Waals surface area contributed by atoms with E-state index in [0.717, 1.165) is 22.7 Å². The summed E-state index contributed by atoms with van der Waals surface area (Å²) in [6.45, 7) is 0. The van der Waals surface area contributed by atoms with Gasteiger partial charge < -0.3 is 9.30 Å². The van der Waals surface area contributed by atoms with Gasteiger partial charge in [0.2, 0.25) is 0 Å². The van der Waals surface area contributed by atoms with Gasteiger partial charge in [-0.25, -0.2) is 0 Å². The lowest BCUT2D eigenvalue weighted by molar-refractivity contribution is 0.487. The van der Waals surface area contributed by atoms with Crippen LogP contribution in [0.25, 0.3) is 82.4 Å². The van der Waals surface area contributed by atoms with E-state index in [1.165, 1.54) is 71.2 Å². The number of fused-ring (bicyclic) bond motifs is 7. The molecule has 10 rings (SSSR count). The molecule has 9 aromatic rings. The molecule has 0 unspecified atom stereocenters. The summed E-state index contributed by atoms with van der Waals surface area (Å²) < 4.78 is 8.80. The fraction of sp³-hybridized carbons (Fsp3) is 0. The average Bonchev–Trinajstić information content (AvgIpc) is 3.46. The van der Waals surface area contributed by atoms with Crippen molar-refractivity contribution < 1.29 is 4.74 Å². The highest BCUT2D eigenvalue weighted by atomic mass is 16.5. The standard InChI is InChI=1S/C44H27NO/c1-2-15-32(16-3-1)45-39-21-7-6-19-36(39)44-34-18-5-4-17-33(34)37(27-40(44)45)31-14-8-13-29(25-31)30-23-24-41-38(26-30)35-20-9-11-28-12-10-22-42(46-41)43(28)35/h1-27H. The molecule has 0 amide bonds. The molecule has 0 saturated heterocycles. The second-order valence-electron chi connectivity index (χ2n) is 12.1. The van der Waals surface area contributed by atoms with Crippen LogP contribution in [0.2, 0.25) is 0 Å². The highest BCUT2D eigenvalue weighted by Crippen LogP contribution is 2.48. The Morgan fingerprint density at radius 1 is 0.370 bits per heavy atom. The molecule has 0 fully saturated rings. The SMILES string of the molecule is c1ccc(-n2c3ccccc3c3c4ccccc4c(-c4cccc(-c5ccc6c(c5)-c5cccc7cccc(c57)O6)c4)cc32)cc1. The van der Waals surface area contributed by atoms with Crippen molar-refractivity contribution in [1.82, 2.24) is 4.57 Å². The molecule has 0 bridgehead atoms. The molecular formula is C44H27NO. The van der Waals surface area contributed by atoms with E-state index >= 15 is 0 Å². The molecule has 1 aliphatic rings. The van der Waals surface area contributed by atoms with E-state index in [1.54, 1.807) is 0 Å². The van der Waals surface area contributed by atoms with Crippen molar-refractivity contribution in [2.75, 3.05) is 0 Å². The van der Waals surface area contributed by atoms with E-state index in [2.05, 4.69) is 168 Å². The van der Waals surface area contributed by atoms with Crippen LogP contribution in [-0.2, 0) is 0 Å². The topological polar surface area (TPSA) is 14.2 Å². The highest BCUT2D eigenvalue weighted by Gasteiger charge is 2.21. The maximum atomic E-state index is 6.39. The van der Waals surface area contributed by atoms with Crippen LogP contribution in [0.4, 0.5) is 0 Å². The molecule has 8 aromatic carbocycles. The van der Waals surface area contributed by atoms with E-state index < -0.39 is 0 Å². The lowest BCUT2D eigenvalue weighted by Crippen LogP contribution is -1.97. The number of hydrogen-bond donors (Lipinski definition) is 0. The van der Waals surface area contributed by atoms with Crippen molar-refractivity contribution in [3.8, 4) is 50.6 Å². The van der Waals surface area contributed by atoms with Crippen molar-refractivity contribution >= 4 is 43.4 Å². The van der Waals surface area contributed by atoms with Crippen LogP contribution in [0.15, 0.2) is 164 Å². The van der Waals surface area contributed by atoms with Crippen LogP contribution in [0.3, 0.4) is 0 Å². The Labute approximate surface area is 266 Å². The number of aromatic nitrogens is 1. The number of rotatable bonds is 3. The van der Waals surface area contributed by atoms with Crippen molar-refractivity contribution in [1.29, 1.82) is 0 Å². The van der Waals surface area contributed by atoms with E-state index in [-0.39, 0.29) is 0 Å². The first-order valence-electron chi connectivity index (χ1n) is 15.8. The highest BCUT2D eigenvalue weighted by molar-refractivity contribution is 6.24. The third kappa shape index (κ3) is 3.65. The van der Waals surface area contributed by atoms with Crippen LogP contribution < -0.4 is 4.74 Å². The van der Waals surface area contributed by atoms with Gasteiger partial charge in [-0.15, -0.1) is 0 Å². The maximum absolute atomic E-state index is 6.39. The van der Waals surface area contributed by atoms with Crippen LogP contribution >= 0.6 is 0 Å². The summed E-state index contributed by atoms with van der Waals surface area (Å²) in [6.07, 6.45) is 0. The summed E-state index contributed by atoms with van der Waals surface area (Å²) in [6, 6.07) is 59.0. The van der Waals surface area contributed by atoms with Crippen LogP contribution in [0, 0.1) is 0 Å². The first kappa shape index (κ1) is 25.2. The van der Waals surface area contributed by atoms with Gasteiger partial charge >= 0.3 is 0 Å². The van der Waals surface area contributed by atoms with Gasteiger partial charge in [-0.1, -0.05) is 115 Å². The lowest BCUT2D eigenvalue weighted by Gasteiger charge is -2.22. The summed E-state index contributed by atoms with van der Waals surface area (Å²) >= 11 is 0. The molecule has 2 heterocycles. The number of hydrogen-bond acceptors (Lipinski definition) is 1. The van der Waals surface area contributed by atoms with Crippen LogP contribution in [0.1, 0.15) is 0 Å². The minimum atomic E-state index is 0.899. The van der Waals surface area contributed by atoms with Gasteiger partial charge in [-0.05, 0) is 92.5 Å². The van der Waals surface area contributed by atoms with Crippen molar-refractivity contribution in [2.24, 2.45) is 0 Å². The molecule has 1 aromatic heterocycles. The van der Waals surface area contributed by atoms with Gasteiger partial charge in [0, 0.05) is 27.4 Å². The molecule has 0 atom stereocenters. The maximum Gasteiger partial charge on any atom is 0.135 e. The normalized spacial score (nSPS) is 12.1. The third-order valence-corrected chi connectivity index (χ3v) is 9.56. The van der Waals surface area contributed by atoms with Gasteiger partial charge in [-0.2, -0.15) is 0 Å². The first-order chi connectivity index (χ1) is 22.8. The van der Waals surface area contributed by atoms with Crippen molar-refractivity contribution in [3.63, 3.8) is 0 Å². The largest absolute Gasteiger partial charge is 0.456 e. The average molecular weight is 586 g/mol. The smallest absolute Gasteiger partial charge is 0.135 e. The Bertz CT molecular complexity index is 2660. The third-order valence-electron chi connectivity index (χ3n) is 9.56. The Morgan fingerprint density at radius 2 is 1.09 bits per heavy atom. The molecule has 1 aliphatic heterocycles. The molecule has 2 nitrogen and oxygen atoms in total. The lowest BCUT2D eigenvalue weighted by atomic mass is 9.90. The zero-order chi connectivity index (χ0) is 30.2. The second-order valence-corrected chi connectivity index (χ2v) is 12.1. The van der Waals surface area contributed by atoms with E-state index in [4.69, 9.17) is 4.74 Å². The molecular weight excluding hydrogens is 558 g/mol. The summed E-state index contributed by atoms with van der Waals surface area (Å²) in [7, 11) is 0. The monoisotopic (exact) mass is 585 g/mol. The minimum absolute atomic E-state index is 0.899. The number of para-hydroxylation sites is 2. The van der Waals surface area contributed by atoms with Crippen molar-refractivity contribution in [2.45, 2.75) is 0 Å². The molecule has 0 aliphatic carbocycles. The predicted octanol–water partition coefficient (Wildman–Crippen LogP) is 12.2. The van der Waals surface area contributed by atoms with E-state index in [0.29, 0.717) is 0 Å². The Balaban J connectivity index is 1.19. The van der Waals surface area contributed by atoms with Gasteiger partial charge in [0.1, 0.15) is 11.5 Å². The van der Waals surface area contributed by atoms with Gasteiger partial charge in [0.15, 0.2) is 0 Å². The summed E-state index contributed by atoms with van der Waals surface area (Å²) in [5, 5.41) is 7.46. The Kier molecular flexibility index (Phi) is 5.31. The fourth-order valence-corrected chi connectivity index (χ4v) is 7.53. The summed E-state index contributed by atoms with van der Waals surface area (Å²) in [4.78, 5) is 0. The number of ether oxygens (including phenoxy) is 1. The van der Waals surface area contributed by atoms with E-state index in [9.17, 15) is 0 Å². The molecule has 0 spiro atoms. The van der Waals surface area contributed by atoms with E-state index in [1.807, 2.05) is 0 Å². The van der Waals surface area contributed by atoms with Gasteiger partial charge in [0.25, 0.3) is 0 Å². The molecule has 2 heteroatoms. The van der Waals surface area contributed by atoms with Gasteiger partial charge in [0.05, 0.1) is 11.0 Å². The number of benzene rings is 8. The van der Waals surface area contributed by atoms with Crippen LogP contribution in [-0.4, -0.2) is 4.57 Å². The van der Waals surface area contributed by atoms with Gasteiger partial charge in [-0.3, -0.25) is 0 Å². The Hall–Kier alpha value is -6.12. The van der Waals surface area contributed by atoms with Crippen LogP contribution in [0.5, 0.6) is 11.5 Å². The second kappa shape index (κ2) is 9.69. The minimum Gasteiger partial charge on any atom is -0.456 e. The Morgan fingerprint density at radius 3 is 1.98 bits per heavy atom. The quantitative estimate of drug-likeness (QED) is 0.201. The molecule has 214 valence electrons. The molecule has 46 heavy (non-hydrogen) atoms. The van der Waals surface area contributed by atoms with Crippen molar-refractivity contribution in [3.05, 3.63) is 164 Å². The summed E-state index contributed by atoms with van der Waals surface area (Å²) in [5.41, 5.74) is 10.7. The molecule has 0 saturated carbocycles. The zero-order valence-electron chi connectivity index (χ0n) is 24.9. The number of nitrogens with zero attached hydrogens (tertiary/aromatic N) is 1. The molecule has 0 radical (unpaired) electrons. The fourth-order valence-electron chi connectivity index (χ4n) is 7.53. The predicted molar refractivity (Wildman–Crippen MR) is 192 cm³/mol. The first-order valence-corrected chi connectivity index (χ1v) is 15.8. The summed E-state index contributed by atoms with van der Waals surface area (Å²) in [5.74, 6) is 1.82. The molecule has 0 N–H and O–H groups in total.